The fourth-order valence-corrected chi connectivity index (χ4v) is 7.20. The van der Waals surface area contributed by atoms with Crippen LogP contribution in [-0.4, -0.2) is 121 Å². The van der Waals surface area contributed by atoms with E-state index in [1.807, 2.05) is 36.1 Å². The summed E-state index contributed by atoms with van der Waals surface area (Å²) in [6, 6.07) is -0.841. The van der Waals surface area contributed by atoms with Crippen LogP contribution in [0.1, 0.15) is 51.9 Å². The monoisotopic (exact) mass is 559 g/mol. The summed E-state index contributed by atoms with van der Waals surface area (Å²) in [7, 11) is 0. The number of amides is 2. The molecule has 0 aliphatic carbocycles. The summed E-state index contributed by atoms with van der Waals surface area (Å²) < 4.78 is 18.1. The van der Waals surface area contributed by atoms with Gasteiger partial charge in [-0.3, -0.25) is 19.3 Å². The summed E-state index contributed by atoms with van der Waals surface area (Å²) in [5.41, 5.74) is -2.25. The zero-order valence-electron chi connectivity index (χ0n) is 23.8. The maximum atomic E-state index is 14.4. The Morgan fingerprint density at radius 1 is 0.925 bits per heavy atom. The van der Waals surface area contributed by atoms with Crippen LogP contribution in [0.2, 0.25) is 0 Å². The van der Waals surface area contributed by atoms with E-state index < -0.39 is 35.0 Å². The van der Waals surface area contributed by atoms with Gasteiger partial charge in [-0.1, -0.05) is 44.1 Å². The van der Waals surface area contributed by atoms with E-state index in [2.05, 4.69) is 4.90 Å². The Hall–Kier alpha value is -2.27. The van der Waals surface area contributed by atoms with Crippen LogP contribution in [0.4, 0.5) is 0 Å². The van der Waals surface area contributed by atoms with Crippen molar-refractivity contribution >= 4 is 17.8 Å². The number of esters is 1. The van der Waals surface area contributed by atoms with Gasteiger partial charge in [0, 0.05) is 45.9 Å². The number of unbranched alkanes of at least 4 members (excludes halogenated alkanes) is 3. The Morgan fingerprint density at radius 3 is 2.50 bits per heavy atom. The van der Waals surface area contributed by atoms with E-state index in [1.165, 1.54) is 0 Å². The molecule has 5 aliphatic rings. The van der Waals surface area contributed by atoms with Crippen molar-refractivity contribution in [1.29, 1.82) is 0 Å². The second-order valence-corrected chi connectivity index (χ2v) is 11.6. The van der Waals surface area contributed by atoms with Crippen molar-refractivity contribution in [2.24, 2.45) is 11.8 Å². The molecular weight excluding hydrogens is 514 g/mol. The van der Waals surface area contributed by atoms with Crippen LogP contribution in [0, 0.1) is 11.8 Å². The molecule has 0 radical (unpaired) electrons. The fourth-order valence-electron chi connectivity index (χ4n) is 7.20. The smallest absolute Gasteiger partial charge is 0.313 e. The molecule has 2 amide bonds. The molecule has 5 rings (SSSR count). The fraction of sp³-hybridized carbons (Fsp3) is 0.767. The second kappa shape index (κ2) is 12.7. The molecule has 3 fully saturated rings. The maximum Gasteiger partial charge on any atom is 0.313 e. The minimum absolute atomic E-state index is 0.125. The zero-order valence-corrected chi connectivity index (χ0v) is 23.8. The number of fused-ring (bicyclic) bond motifs is 2. The molecule has 5 aliphatic heterocycles. The standard InChI is InChI=1S/C30H45N3O7/c1-2-29-11-6-5-9-20-39-28(37)24(29)23-26(35)33(14-7-3-4-8-19-34)25-27(36)32(13-10-12-30(23,25)40-29)16-15-31-17-21-38-22-18-31/h6,10-12,23-25,34H,2-5,7-9,13-22H2,1H3/b11-6-/t23-,24-,25?,29+,30-/m0/s1. The Bertz CT molecular complexity index is 996. The zero-order chi connectivity index (χ0) is 28.2. The molecule has 0 aromatic heterocycles. The van der Waals surface area contributed by atoms with Crippen molar-refractivity contribution in [1.82, 2.24) is 14.7 Å². The lowest BCUT2D eigenvalue weighted by Crippen LogP contribution is -2.57. The van der Waals surface area contributed by atoms with Gasteiger partial charge in [-0.25, -0.2) is 0 Å². The predicted octanol–water partition coefficient (Wildman–Crippen LogP) is 1.52. The number of carbonyl (C=O) groups is 3. The molecule has 1 N–H and O–H groups in total. The molecule has 1 unspecified atom stereocenters. The highest BCUT2D eigenvalue weighted by Crippen LogP contribution is 2.58. The van der Waals surface area contributed by atoms with Crippen LogP contribution in [-0.2, 0) is 28.6 Å². The normalized spacial score (nSPS) is 35.4. The van der Waals surface area contributed by atoms with Gasteiger partial charge in [0.15, 0.2) is 0 Å². The van der Waals surface area contributed by atoms with Gasteiger partial charge in [0.25, 0.3) is 0 Å². The maximum absolute atomic E-state index is 14.4. The Morgan fingerprint density at radius 2 is 1.73 bits per heavy atom. The summed E-state index contributed by atoms with van der Waals surface area (Å²) in [4.78, 5) is 48.2. The molecule has 0 aromatic rings. The molecule has 3 saturated heterocycles. The van der Waals surface area contributed by atoms with E-state index in [-0.39, 0.29) is 18.4 Å². The number of aliphatic hydroxyl groups is 1. The number of morpholine rings is 1. The number of hydrogen-bond acceptors (Lipinski definition) is 8. The Kier molecular flexibility index (Phi) is 9.29. The number of carbonyl (C=O) groups excluding carboxylic acids is 3. The second-order valence-electron chi connectivity index (χ2n) is 11.6. The number of likely N-dealkylation sites (tertiary alicyclic amines) is 1. The van der Waals surface area contributed by atoms with Crippen LogP contribution in [0.15, 0.2) is 24.3 Å². The molecule has 40 heavy (non-hydrogen) atoms. The van der Waals surface area contributed by atoms with Crippen molar-refractivity contribution in [2.45, 2.75) is 69.1 Å². The predicted molar refractivity (Wildman–Crippen MR) is 147 cm³/mol. The number of nitrogens with zero attached hydrogens (tertiary/aromatic N) is 3. The third-order valence-electron chi connectivity index (χ3n) is 9.31. The van der Waals surface area contributed by atoms with Gasteiger partial charge in [0.05, 0.1) is 25.7 Å². The average Bonchev–Trinajstić information content (AvgIpc) is 3.34. The largest absolute Gasteiger partial charge is 0.465 e. The summed E-state index contributed by atoms with van der Waals surface area (Å²) in [6.45, 7) is 7.59. The van der Waals surface area contributed by atoms with Crippen molar-refractivity contribution in [3.05, 3.63) is 24.3 Å². The van der Waals surface area contributed by atoms with Gasteiger partial charge in [-0.2, -0.15) is 0 Å². The summed E-state index contributed by atoms with van der Waals surface area (Å²) in [5, 5.41) is 9.17. The molecule has 1 spiro atoms. The number of aliphatic hydroxyl groups excluding tert-OH is 1. The van der Waals surface area contributed by atoms with Gasteiger partial charge in [-0.15, -0.1) is 0 Å². The third-order valence-corrected chi connectivity index (χ3v) is 9.31. The highest BCUT2D eigenvalue weighted by molar-refractivity contribution is 5.99. The Labute approximate surface area is 237 Å². The molecule has 10 nitrogen and oxygen atoms in total. The van der Waals surface area contributed by atoms with E-state index >= 15 is 0 Å². The van der Waals surface area contributed by atoms with Gasteiger partial charge in [0.2, 0.25) is 11.8 Å². The van der Waals surface area contributed by atoms with Crippen molar-refractivity contribution in [3.63, 3.8) is 0 Å². The number of rotatable bonds is 10. The first-order valence-corrected chi connectivity index (χ1v) is 15.2. The van der Waals surface area contributed by atoms with Gasteiger partial charge in [-0.05, 0) is 32.1 Å². The van der Waals surface area contributed by atoms with Crippen LogP contribution in [0.5, 0.6) is 0 Å². The van der Waals surface area contributed by atoms with E-state index in [9.17, 15) is 14.4 Å². The third kappa shape index (κ3) is 5.35. The van der Waals surface area contributed by atoms with E-state index in [1.54, 1.807) is 4.90 Å². The minimum atomic E-state index is -1.24. The van der Waals surface area contributed by atoms with E-state index in [0.717, 1.165) is 45.3 Å². The topological polar surface area (TPSA) is 109 Å². The van der Waals surface area contributed by atoms with E-state index in [4.69, 9.17) is 19.3 Å². The van der Waals surface area contributed by atoms with Crippen LogP contribution in [0.3, 0.4) is 0 Å². The molecule has 0 bridgehead atoms. The lowest BCUT2D eigenvalue weighted by molar-refractivity contribution is -0.161. The van der Waals surface area contributed by atoms with Crippen molar-refractivity contribution in [2.75, 3.05) is 65.7 Å². The summed E-state index contributed by atoms with van der Waals surface area (Å²) in [6.07, 6.45) is 12.9. The van der Waals surface area contributed by atoms with Crippen LogP contribution in [0.25, 0.3) is 0 Å². The van der Waals surface area contributed by atoms with Crippen LogP contribution >= 0.6 is 0 Å². The molecule has 0 aromatic carbocycles. The van der Waals surface area contributed by atoms with Crippen LogP contribution < -0.4 is 0 Å². The van der Waals surface area contributed by atoms with Crippen molar-refractivity contribution in [3.8, 4) is 0 Å². The highest BCUT2D eigenvalue weighted by atomic mass is 16.6. The molecule has 5 heterocycles. The first kappa shape index (κ1) is 29.2. The number of allylic oxidation sites excluding steroid dienone is 1. The lowest BCUT2D eigenvalue weighted by Gasteiger charge is -2.39. The molecule has 10 heteroatoms. The minimum Gasteiger partial charge on any atom is -0.465 e. The first-order valence-electron chi connectivity index (χ1n) is 15.2. The number of ether oxygens (including phenoxy) is 3. The summed E-state index contributed by atoms with van der Waals surface area (Å²) in [5.74, 6) is -2.39. The first-order chi connectivity index (χ1) is 19.5. The van der Waals surface area contributed by atoms with Crippen molar-refractivity contribution < 1.29 is 33.7 Å². The lowest BCUT2D eigenvalue weighted by atomic mass is 9.73. The molecule has 0 saturated carbocycles. The van der Waals surface area contributed by atoms with Gasteiger partial charge >= 0.3 is 5.97 Å². The van der Waals surface area contributed by atoms with Gasteiger partial charge in [0.1, 0.15) is 23.2 Å². The quantitative estimate of drug-likeness (QED) is 0.244. The molecular formula is C30H45N3O7. The van der Waals surface area contributed by atoms with Gasteiger partial charge < -0.3 is 29.1 Å². The average molecular weight is 560 g/mol. The molecule has 5 atom stereocenters. The summed E-state index contributed by atoms with van der Waals surface area (Å²) >= 11 is 0. The van der Waals surface area contributed by atoms with E-state index in [0.29, 0.717) is 58.7 Å². The molecule has 222 valence electrons. The highest BCUT2D eigenvalue weighted by Gasteiger charge is 2.75. The number of hydrogen-bond donors (Lipinski definition) is 1. The number of cyclic esters (lactones) is 1. The SMILES string of the molecule is CC[C@@]12/C=C\CCCOC(=O)[C@@H]1[C@H]1C(=O)N(CCCCCCO)C3C(=O)N(CCN4CCOCC4)CC=C[C@@]31O2. The Balaban J connectivity index is 1.48.